The van der Waals surface area contributed by atoms with Crippen LogP contribution in [0.25, 0.3) is 11.0 Å². The third-order valence-electron chi connectivity index (χ3n) is 4.71. The zero-order valence-electron chi connectivity index (χ0n) is 18.8. The minimum Gasteiger partial charge on any atom is -0.369 e. The van der Waals surface area contributed by atoms with Crippen LogP contribution in [0.5, 0.6) is 0 Å². The predicted octanol–water partition coefficient (Wildman–Crippen LogP) is 0.790. The number of aromatic amines is 2. The molecule has 0 radical (unpaired) electrons. The van der Waals surface area contributed by atoms with Gasteiger partial charge in [0.1, 0.15) is 5.65 Å². The number of amides is 2. The monoisotopic (exact) mass is 494 g/mol. The molecule has 0 unspecified atom stereocenters. The van der Waals surface area contributed by atoms with Crippen molar-refractivity contribution in [3.05, 3.63) is 57.5 Å². The number of nitrogen functional groups attached to an aromatic ring is 1. The standard InChI is InChI=1S/C20H24N6O5S.CH3F/c1-32(30,31)26-15(27)3-2-10-22-18(28)13-7-4-12(5-8-13)6-9-14-11-23-17-16(14)19(29)25-20(21)24-17;1-2/h4-5,7-8,11H,2-3,6,9-10H2,1H3,(H,22,28)(H,26,27)(H4,21,23,24,25,29);1H3. The summed E-state index contributed by atoms with van der Waals surface area (Å²) in [6, 6.07) is 7.07. The number of nitrogens with two attached hydrogens (primary N) is 1. The van der Waals surface area contributed by atoms with E-state index in [2.05, 4.69) is 20.3 Å². The summed E-state index contributed by atoms with van der Waals surface area (Å²) in [5.41, 5.74) is 8.00. The Hall–Kier alpha value is -3.74. The summed E-state index contributed by atoms with van der Waals surface area (Å²) < 4.78 is 33.3. The van der Waals surface area contributed by atoms with Gasteiger partial charge in [-0.1, -0.05) is 12.1 Å². The summed E-state index contributed by atoms with van der Waals surface area (Å²) in [6.45, 7) is 0.241. The number of aromatic nitrogens is 3. The lowest BCUT2D eigenvalue weighted by Gasteiger charge is -2.07. The van der Waals surface area contributed by atoms with Crippen LogP contribution in [-0.4, -0.2) is 55.2 Å². The van der Waals surface area contributed by atoms with E-state index in [1.807, 2.05) is 16.9 Å². The lowest BCUT2D eigenvalue weighted by Crippen LogP contribution is -2.30. The number of carbonyl (C=O) groups is 2. The molecule has 1 aromatic carbocycles. The molecule has 34 heavy (non-hydrogen) atoms. The minimum atomic E-state index is -3.57. The second kappa shape index (κ2) is 11.9. The number of hydrogen-bond acceptors (Lipinski definition) is 7. The van der Waals surface area contributed by atoms with Gasteiger partial charge < -0.3 is 16.0 Å². The average Bonchev–Trinajstić information content (AvgIpc) is 3.19. The van der Waals surface area contributed by atoms with Gasteiger partial charge in [0.15, 0.2) is 0 Å². The van der Waals surface area contributed by atoms with Crippen LogP contribution in [0.3, 0.4) is 0 Å². The van der Waals surface area contributed by atoms with Crippen molar-refractivity contribution in [2.45, 2.75) is 25.7 Å². The third-order valence-corrected chi connectivity index (χ3v) is 5.30. The predicted molar refractivity (Wildman–Crippen MR) is 127 cm³/mol. The lowest BCUT2D eigenvalue weighted by molar-refractivity contribution is -0.119. The van der Waals surface area contributed by atoms with Gasteiger partial charge >= 0.3 is 0 Å². The Morgan fingerprint density at radius 1 is 1.15 bits per heavy atom. The number of carbonyl (C=O) groups excluding carboxylic acids is 2. The SMILES string of the molecule is CF.CS(=O)(=O)NC(=O)CCCNC(=O)c1ccc(CCc2c[nH]c3nc(N)[nH]c(=O)c23)cc1. The highest BCUT2D eigenvalue weighted by atomic mass is 32.2. The number of benzene rings is 1. The summed E-state index contributed by atoms with van der Waals surface area (Å²) >= 11 is 0. The van der Waals surface area contributed by atoms with E-state index < -0.39 is 15.9 Å². The molecule has 2 aromatic heterocycles. The molecule has 0 fully saturated rings. The molecule has 0 aliphatic rings. The normalized spacial score (nSPS) is 10.9. The molecule has 0 bridgehead atoms. The van der Waals surface area contributed by atoms with Crippen LogP contribution in [0.4, 0.5) is 10.3 Å². The Morgan fingerprint density at radius 3 is 2.47 bits per heavy atom. The molecule has 0 saturated heterocycles. The number of nitrogens with one attached hydrogen (secondary N) is 4. The zero-order valence-corrected chi connectivity index (χ0v) is 19.6. The molecule has 0 saturated carbocycles. The van der Waals surface area contributed by atoms with Crippen LogP contribution in [0.15, 0.2) is 35.3 Å². The second-order valence-corrected chi connectivity index (χ2v) is 9.09. The van der Waals surface area contributed by atoms with E-state index in [1.165, 1.54) is 0 Å². The highest BCUT2D eigenvalue weighted by Crippen LogP contribution is 2.16. The molecule has 11 nitrogen and oxygen atoms in total. The van der Waals surface area contributed by atoms with E-state index in [1.54, 1.807) is 18.3 Å². The number of H-pyrrole nitrogens is 2. The third kappa shape index (κ3) is 7.69. The summed E-state index contributed by atoms with van der Waals surface area (Å²) in [5.74, 6) is -0.837. The number of hydrogen-bond donors (Lipinski definition) is 5. The first-order valence-electron chi connectivity index (χ1n) is 10.2. The molecule has 13 heteroatoms. The highest BCUT2D eigenvalue weighted by Gasteiger charge is 2.11. The summed E-state index contributed by atoms with van der Waals surface area (Å²) in [4.78, 5) is 45.3. The second-order valence-electron chi connectivity index (χ2n) is 7.34. The van der Waals surface area contributed by atoms with Crippen molar-refractivity contribution >= 4 is 38.8 Å². The molecule has 2 heterocycles. The smallest absolute Gasteiger partial charge is 0.262 e. The van der Waals surface area contributed by atoms with Crippen molar-refractivity contribution in [2.24, 2.45) is 0 Å². The fraction of sp³-hybridized carbons (Fsp3) is 0.333. The average molecular weight is 495 g/mol. The van der Waals surface area contributed by atoms with E-state index in [0.29, 0.717) is 43.0 Å². The molecule has 3 rings (SSSR count). The fourth-order valence-corrected chi connectivity index (χ4v) is 3.75. The lowest BCUT2D eigenvalue weighted by atomic mass is 10.0. The number of sulfonamides is 1. The van der Waals surface area contributed by atoms with Crippen LogP contribution >= 0.6 is 0 Å². The molecule has 0 aliphatic carbocycles. The molecule has 0 atom stereocenters. The fourth-order valence-electron chi connectivity index (χ4n) is 3.23. The van der Waals surface area contributed by atoms with Gasteiger partial charge in [-0.25, -0.2) is 8.42 Å². The Bertz CT molecular complexity index is 1300. The van der Waals surface area contributed by atoms with Crippen molar-refractivity contribution in [1.29, 1.82) is 0 Å². The molecule has 0 spiro atoms. The van der Waals surface area contributed by atoms with Gasteiger partial charge in [-0.3, -0.25) is 28.5 Å². The van der Waals surface area contributed by atoms with Gasteiger partial charge in [-0.2, -0.15) is 4.98 Å². The molecule has 0 aliphatic heterocycles. The van der Waals surface area contributed by atoms with Crippen LogP contribution in [0.1, 0.15) is 34.3 Å². The molecular weight excluding hydrogens is 467 g/mol. The van der Waals surface area contributed by atoms with Crippen molar-refractivity contribution in [3.8, 4) is 0 Å². The molecule has 2 amide bonds. The number of aryl methyl sites for hydroxylation is 2. The number of fused-ring (bicyclic) bond motifs is 1. The van der Waals surface area contributed by atoms with Gasteiger partial charge in [0, 0.05) is 24.7 Å². The maximum absolute atomic E-state index is 12.2. The van der Waals surface area contributed by atoms with E-state index >= 15 is 0 Å². The Labute approximate surface area is 195 Å². The number of rotatable bonds is 9. The van der Waals surface area contributed by atoms with Gasteiger partial charge in [0.25, 0.3) is 11.5 Å². The minimum absolute atomic E-state index is 0.00886. The first-order chi connectivity index (χ1) is 16.1. The van der Waals surface area contributed by atoms with Crippen molar-refractivity contribution in [3.63, 3.8) is 0 Å². The van der Waals surface area contributed by atoms with Crippen LogP contribution in [0, 0.1) is 0 Å². The molecule has 6 N–H and O–H groups in total. The molecule has 184 valence electrons. The van der Waals surface area contributed by atoms with Crippen molar-refractivity contribution in [1.82, 2.24) is 25.0 Å². The van der Waals surface area contributed by atoms with Crippen molar-refractivity contribution < 1.29 is 22.4 Å². The van der Waals surface area contributed by atoms with E-state index in [4.69, 9.17) is 5.73 Å². The van der Waals surface area contributed by atoms with Gasteiger partial charge in [0.2, 0.25) is 21.9 Å². The zero-order chi connectivity index (χ0) is 25.3. The Balaban J connectivity index is 0.00000199. The topological polar surface area (TPSA) is 180 Å². The van der Waals surface area contributed by atoms with E-state index in [-0.39, 0.29) is 30.4 Å². The van der Waals surface area contributed by atoms with E-state index in [0.717, 1.165) is 17.4 Å². The summed E-state index contributed by atoms with van der Waals surface area (Å²) in [5, 5.41) is 3.18. The first kappa shape index (κ1) is 26.5. The van der Waals surface area contributed by atoms with Gasteiger partial charge in [-0.05, 0) is 42.5 Å². The number of halogens is 1. The van der Waals surface area contributed by atoms with Crippen LogP contribution in [0.2, 0.25) is 0 Å². The number of anilines is 1. The van der Waals surface area contributed by atoms with E-state index in [9.17, 15) is 27.2 Å². The Kier molecular flexibility index (Phi) is 9.30. The van der Waals surface area contributed by atoms with Gasteiger partial charge in [-0.15, -0.1) is 0 Å². The van der Waals surface area contributed by atoms with Crippen LogP contribution < -0.4 is 21.3 Å². The maximum atomic E-state index is 12.2. The Morgan fingerprint density at radius 2 is 1.82 bits per heavy atom. The van der Waals surface area contributed by atoms with Crippen LogP contribution in [-0.2, 0) is 27.7 Å². The quantitative estimate of drug-likeness (QED) is 0.273. The summed E-state index contributed by atoms with van der Waals surface area (Å²) in [7, 11) is -3.07. The number of alkyl halides is 1. The highest BCUT2D eigenvalue weighted by molar-refractivity contribution is 7.89. The number of nitrogens with zero attached hydrogens (tertiary/aromatic N) is 1. The molecule has 3 aromatic rings. The summed E-state index contributed by atoms with van der Waals surface area (Å²) in [6.07, 6.45) is 4.22. The van der Waals surface area contributed by atoms with Gasteiger partial charge in [0.05, 0.1) is 18.8 Å². The largest absolute Gasteiger partial charge is 0.369 e. The first-order valence-corrected chi connectivity index (χ1v) is 12.1. The van der Waals surface area contributed by atoms with Crippen molar-refractivity contribution in [2.75, 3.05) is 25.7 Å². The molecular formula is C21H27FN6O5S. The maximum Gasteiger partial charge on any atom is 0.262 e.